The van der Waals surface area contributed by atoms with E-state index in [4.69, 9.17) is 19.4 Å². The Morgan fingerprint density at radius 2 is 0.761 bits per heavy atom. The van der Waals surface area contributed by atoms with Gasteiger partial charge < -0.3 is 8.98 Å². The highest BCUT2D eigenvalue weighted by Gasteiger charge is 2.25. The first-order chi connectivity index (χ1) is 33.2. The first-order valence-corrected chi connectivity index (χ1v) is 22.6. The maximum Gasteiger partial charge on any atom is 0.238 e. The van der Waals surface area contributed by atoms with E-state index >= 15 is 0 Å². The molecule has 0 aliphatic heterocycles. The van der Waals surface area contributed by atoms with Crippen molar-refractivity contribution < 1.29 is 4.42 Å². The zero-order valence-electron chi connectivity index (χ0n) is 36.0. The fourth-order valence-corrected chi connectivity index (χ4v) is 10.4. The number of hydrogen-bond acceptors (Lipinski definition) is 4. The van der Waals surface area contributed by atoms with E-state index in [1.54, 1.807) is 0 Å². The van der Waals surface area contributed by atoms with Gasteiger partial charge in [0.2, 0.25) is 5.95 Å². The molecule has 6 heteroatoms. The van der Waals surface area contributed by atoms with Crippen molar-refractivity contribution in [3.05, 3.63) is 224 Å². The summed E-state index contributed by atoms with van der Waals surface area (Å²) in [5, 5.41) is 8.87. The van der Waals surface area contributed by atoms with E-state index in [0.717, 1.165) is 99.2 Å². The fraction of sp³-hybridized carbons (Fsp3) is 0. The molecule has 0 N–H and O–H groups in total. The van der Waals surface area contributed by atoms with Crippen LogP contribution in [0, 0.1) is 0 Å². The summed E-state index contributed by atoms with van der Waals surface area (Å²) in [5.74, 6) is 1.65. The molecule has 0 amide bonds. The number of furan rings is 1. The number of nitrogens with zero attached hydrogens (tertiary/aromatic N) is 5. The monoisotopic (exact) mass is 855 g/mol. The average Bonchev–Trinajstić information content (AvgIpc) is 4.07. The summed E-state index contributed by atoms with van der Waals surface area (Å²) in [4.78, 5) is 16.3. The maximum atomic E-state index is 7.42. The second kappa shape index (κ2) is 14.7. The molecular formula is C61H37N5O. The number of aromatic nitrogens is 5. The van der Waals surface area contributed by atoms with Crippen molar-refractivity contribution in [1.82, 2.24) is 24.1 Å². The zero-order chi connectivity index (χ0) is 44.0. The molecule has 0 unspecified atom stereocenters. The van der Waals surface area contributed by atoms with Crippen molar-refractivity contribution in [3.8, 4) is 56.7 Å². The van der Waals surface area contributed by atoms with Gasteiger partial charge >= 0.3 is 0 Å². The Morgan fingerprint density at radius 1 is 0.313 bits per heavy atom. The largest absolute Gasteiger partial charge is 0.452 e. The van der Waals surface area contributed by atoms with Crippen molar-refractivity contribution in [2.75, 3.05) is 0 Å². The van der Waals surface area contributed by atoms with E-state index in [0.29, 0.717) is 17.6 Å². The van der Waals surface area contributed by atoms with Gasteiger partial charge in [-0.3, -0.25) is 4.57 Å². The predicted octanol–water partition coefficient (Wildman–Crippen LogP) is 15.8. The molecule has 0 aliphatic carbocycles. The zero-order valence-corrected chi connectivity index (χ0v) is 36.0. The van der Waals surface area contributed by atoms with E-state index in [-0.39, 0.29) is 0 Å². The molecule has 14 aromatic rings. The number of rotatable bonds is 6. The van der Waals surface area contributed by atoms with Gasteiger partial charge in [-0.2, -0.15) is 9.97 Å². The van der Waals surface area contributed by atoms with Gasteiger partial charge in [0.25, 0.3) is 0 Å². The topological polar surface area (TPSA) is 61.7 Å². The van der Waals surface area contributed by atoms with Crippen LogP contribution in [0.1, 0.15) is 0 Å². The van der Waals surface area contributed by atoms with Crippen LogP contribution in [-0.2, 0) is 0 Å². The molecule has 4 aromatic heterocycles. The van der Waals surface area contributed by atoms with Crippen LogP contribution in [0.25, 0.3) is 133 Å². The van der Waals surface area contributed by atoms with Crippen LogP contribution in [0.3, 0.4) is 0 Å². The van der Waals surface area contributed by atoms with E-state index in [9.17, 15) is 0 Å². The van der Waals surface area contributed by atoms with Crippen molar-refractivity contribution in [1.29, 1.82) is 0 Å². The molecule has 0 bridgehead atoms. The molecule has 0 atom stereocenters. The summed E-state index contributed by atoms with van der Waals surface area (Å²) in [6.07, 6.45) is 0. The van der Waals surface area contributed by atoms with Crippen LogP contribution < -0.4 is 0 Å². The second-order valence-corrected chi connectivity index (χ2v) is 17.1. The fourth-order valence-electron chi connectivity index (χ4n) is 10.4. The lowest BCUT2D eigenvalue weighted by Crippen LogP contribution is -2.07. The summed E-state index contributed by atoms with van der Waals surface area (Å²) >= 11 is 0. The maximum absolute atomic E-state index is 7.42. The van der Waals surface area contributed by atoms with E-state index in [1.807, 2.05) is 12.1 Å². The molecular weight excluding hydrogens is 819 g/mol. The molecule has 10 aromatic carbocycles. The Balaban J connectivity index is 1.09. The molecule has 0 fully saturated rings. The Labute approximate surface area is 384 Å². The minimum absolute atomic E-state index is 0.500. The molecule has 6 nitrogen and oxygen atoms in total. The molecule has 14 rings (SSSR count). The summed E-state index contributed by atoms with van der Waals surface area (Å²) in [6, 6.07) is 78.9. The quantitative estimate of drug-likeness (QED) is 0.167. The third-order valence-electron chi connectivity index (χ3n) is 13.4. The molecule has 0 saturated carbocycles. The van der Waals surface area contributed by atoms with Crippen molar-refractivity contribution >= 4 is 76.3 Å². The second-order valence-electron chi connectivity index (χ2n) is 17.1. The molecule has 312 valence electrons. The lowest BCUT2D eigenvalue weighted by atomic mass is 9.98. The van der Waals surface area contributed by atoms with Crippen molar-refractivity contribution in [2.24, 2.45) is 0 Å². The SMILES string of the molecule is c1ccc(-c2ccccc2-c2nc(-c3ccccc3-c3ccccc3)nc(-n3c4ccccc4c4ccc5c6ccc7c8ccccc8n(-c8ccc9ccccc9c8)c7c6oc5c43)n2)cc1. The Morgan fingerprint density at radius 3 is 1.34 bits per heavy atom. The Hall–Kier alpha value is -9.13. The van der Waals surface area contributed by atoms with Gasteiger partial charge in [-0.15, -0.1) is 0 Å². The lowest BCUT2D eigenvalue weighted by molar-refractivity contribution is 0.673. The van der Waals surface area contributed by atoms with E-state index in [2.05, 4.69) is 221 Å². The van der Waals surface area contributed by atoms with E-state index < -0.39 is 0 Å². The first kappa shape index (κ1) is 37.3. The highest BCUT2D eigenvalue weighted by molar-refractivity contribution is 6.26. The van der Waals surface area contributed by atoms with Crippen LogP contribution in [-0.4, -0.2) is 24.1 Å². The summed E-state index contributed by atoms with van der Waals surface area (Å²) in [5.41, 5.74) is 12.7. The molecule has 0 radical (unpaired) electrons. The van der Waals surface area contributed by atoms with Gasteiger partial charge in [0, 0.05) is 49.1 Å². The molecule has 67 heavy (non-hydrogen) atoms. The normalized spacial score (nSPS) is 11.9. The van der Waals surface area contributed by atoms with Gasteiger partial charge in [0.1, 0.15) is 5.52 Å². The van der Waals surface area contributed by atoms with Crippen molar-refractivity contribution in [3.63, 3.8) is 0 Å². The summed E-state index contributed by atoms with van der Waals surface area (Å²) in [7, 11) is 0. The molecule has 0 spiro atoms. The minimum atomic E-state index is 0.500. The predicted molar refractivity (Wildman–Crippen MR) is 275 cm³/mol. The van der Waals surface area contributed by atoms with Crippen LogP contribution in [0.5, 0.6) is 0 Å². The number of para-hydroxylation sites is 2. The van der Waals surface area contributed by atoms with Crippen molar-refractivity contribution in [2.45, 2.75) is 0 Å². The molecule has 0 saturated heterocycles. The van der Waals surface area contributed by atoms with Crippen LogP contribution >= 0.6 is 0 Å². The lowest BCUT2D eigenvalue weighted by Gasteiger charge is -2.15. The highest BCUT2D eigenvalue weighted by Crippen LogP contribution is 2.45. The number of fused-ring (bicyclic) bond motifs is 12. The Bertz CT molecular complexity index is 4180. The van der Waals surface area contributed by atoms with Crippen LogP contribution in [0.4, 0.5) is 0 Å². The molecule has 4 heterocycles. The smallest absolute Gasteiger partial charge is 0.238 e. The first-order valence-electron chi connectivity index (χ1n) is 22.6. The number of benzene rings is 10. The van der Waals surface area contributed by atoms with Gasteiger partial charge in [0.15, 0.2) is 22.8 Å². The minimum Gasteiger partial charge on any atom is -0.452 e. The Kier molecular flexibility index (Phi) is 8.18. The van der Waals surface area contributed by atoms with Gasteiger partial charge in [0.05, 0.1) is 16.6 Å². The van der Waals surface area contributed by atoms with Crippen LogP contribution in [0.15, 0.2) is 229 Å². The van der Waals surface area contributed by atoms with Gasteiger partial charge in [-0.25, -0.2) is 4.98 Å². The van der Waals surface area contributed by atoms with E-state index in [1.165, 1.54) is 16.2 Å². The average molecular weight is 856 g/mol. The summed E-state index contributed by atoms with van der Waals surface area (Å²) in [6.45, 7) is 0. The third-order valence-corrected chi connectivity index (χ3v) is 13.4. The highest BCUT2D eigenvalue weighted by atomic mass is 16.3. The standard InChI is InChI=1S/C61H37N5O/c1-3-18-39(19-4-1)43-23-9-11-27-51(43)59-62-60(52-28-12-10-24-44(52)40-20-5-2-6-21-40)64-61(63-59)66-54-30-16-14-26-46(54)48-34-36-50-49-35-33-47-45-25-13-15-29-53(45)65(55(47)57(49)67-58(50)56(48)66)42-32-31-38-17-7-8-22-41(38)37-42/h1-37H. The number of hydrogen-bond donors (Lipinski definition) is 0. The van der Waals surface area contributed by atoms with Crippen LogP contribution in [0.2, 0.25) is 0 Å². The summed E-state index contributed by atoms with van der Waals surface area (Å²) < 4.78 is 12.0. The molecule has 0 aliphatic rings. The van der Waals surface area contributed by atoms with Gasteiger partial charge in [-0.05, 0) is 69.4 Å². The van der Waals surface area contributed by atoms with Gasteiger partial charge in [-0.1, -0.05) is 188 Å². The third kappa shape index (κ3) is 5.73.